The predicted octanol–water partition coefficient (Wildman–Crippen LogP) is 2.05. The molecule has 0 aliphatic carbocycles. The zero-order valence-electron chi connectivity index (χ0n) is 15.3. The summed E-state index contributed by atoms with van der Waals surface area (Å²) in [7, 11) is 3.85. The van der Waals surface area contributed by atoms with Gasteiger partial charge >= 0.3 is 0 Å². The molecule has 3 rings (SSSR count). The lowest BCUT2D eigenvalue weighted by molar-refractivity contribution is -0.114. The normalized spacial score (nSPS) is 18.7. The van der Waals surface area contributed by atoms with Crippen molar-refractivity contribution in [1.82, 2.24) is 4.90 Å². The molecule has 2 heterocycles. The Balaban J connectivity index is 1.87. The summed E-state index contributed by atoms with van der Waals surface area (Å²) in [6.07, 6.45) is 0.141. The maximum Gasteiger partial charge on any atom is 0.189 e. The maximum absolute atomic E-state index is 12.6. The van der Waals surface area contributed by atoms with Gasteiger partial charge in [-0.1, -0.05) is 26.0 Å². The molecular formula is C19H26N4O2. The highest BCUT2D eigenvalue weighted by molar-refractivity contribution is 6.27. The first-order valence-electron chi connectivity index (χ1n) is 8.68. The Morgan fingerprint density at radius 2 is 1.72 bits per heavy atom. The number of ketones is 1. The summed E-state index contributed by atoms with van der Waals surface area (Å²) in [6.45, 7) is 4.66. The fourth-order valence-electron chi connectivity index (χ4n) is 3.48. The van der Waals surface area contributed by atoms with Crippen LogP contribution in [0.2, 0.25) is 0 Å². The van der Waals surface area contributed by atoms with Gasteiger partial charge in [0.25, 0.3) is 0 Å². The summed E-state index contributed by atoms with van der Waals surface area (Å²) >= 11 is 0. The number of carbonyl (C=O) groups excluding carboxylic acids is 1. The summed E-state index contributed by atoms with van der Waals surface area (Å²) in [5, 5.41) is 18.5. The Kier molecular flexibility index (Phi) is 4.56. The number of benzene rings is 1. The molecule has 2 aliphatic rings. The van der Waals surface area contributed by atoms with Gasteiger partial charge < -0.3 is 19.8 Å². The first kappa shape index (κ1) is 17.5. The van der Waals surface area contributed by atoms with Crippen molar-refractivity contribution in [2.75, 3.05) is 37.0 Å². The summed E-state index contributed by atoms with van der Waals surface area (Å²) < 4.78 is 0. The van der Waals surface area contributed by atoms with Crippen LogP contribution in [0.25, 0.3) is 0 Å². The number of carbonyl (C=O) groups is 1. The molecule has 25 heavy (non-hydrogen) atoms. The molecule has 6 nitrogen and oxygen atoms in total. The number of rotatable bonds is 4. The lowest BCUT2D eigenvalue weighted by Crippen LogP contribution is -2.31. The highest BCUT2D eigenvalue weighted by Crippen LogP contribution is 2.41. The Labute approximate surface area is 148 Å². The standard InChI is InChI=1S/C19H26N4O2/c1-12(2)15(24)9-10-23-11-16(25)17(18(23)20)19-21(3)13-7-5-6-8-14(13)22(19)4/h5-8,12,15,20,24H,9-11H2,1-4H3. The number of nitrogens with zero attached hydrogens (tertiary/aromatic N) is 3. The quantitative estimate of drug-likeness (QED) is 0.820. The minimum Gasteiger partial charge on any atom is -0.393 e. The topological polar surface area (TPSA) is 70.9 Å². The number of Topliss-reactive ketones (excluding diaryl/α,β-unsaturated/α-hetero) is 1. The number of hydrogen-bond acceptors (Lipinski definition) is 5. The van der Waals surface area contributed by atoms with Crippen LogP contribution in [0.5, 0.6) is 0 Å². The van der Waals surface area contributed by atoms with Crippen molar-refractivity contribution in [1.29, 1.82) is 5.41 Å². The van der Waals surface area contributed by atoms with E-state index in [4.69, 9.17) is 5.41 Å². The van der Waals surface area contributed by atoms with E-state index in [0.29, 0.717) is 18.5 Å². The van der Waals surface area contributed by atoms with Gasteiger partial charge in [0.15, 0.2) is 5.78 Å². The molecule has 0 saturated carbocycles. The lowest BCUT2D eigenvalue weighted by Gasteiger charge is -2.23. The van der Waals surface area contributed by atoms with Crippen LogP contribution >= 0.6 is 0 Å². The number of aliphatic hydroxyl groups is 1. The van der Waals surface area contributed by atoms with Gasteiger partial charge in [0.1, 0.15) is 17.2 Å². The molecule has 0 bridgehead atoms. The van der Waals surface area contributed by atoms with Crippen LogP contribution in [-0.4, -0.2) is 54.9 Å². The monoisotopic (exact) mass is 342 g/mol. The summed E-state index contributed by atoms with van der Waals surface area (Å²) in [6, 6.07) is 7.97. The number of para-hydroxylation sites is 2. The number of hydrogen-bond donors (Lipinski definition) is 2. The van der Waals surface area contributed by atoms with Crippen molar-refractivity contribution in [3.8, 4) is 0 Å². The third kappa shape index (κ3) is 2.91. The molecule has 0 radical (unpaired) electrons. The Morgan fingerprint density at radius 3 is 2.24 bits per heavy atom. The van der Waals surface area contributed by atoms with E-state index in [0.717, 1.165) is 17.2 Å². The van der Waals surface area contributed by atoms with E-state index in [-0.39, 0.29) is 24.1 Å². The van der Waals surface area contributed by atoms with Crippen molar-refractivity contribution in [3.05, 3.63) is 35.7 Å². The van der Waals surface area contributed by atoms with Gasteiger partial charge in [-0.15, -0.1) is 0 Å². The fraction of sp³-hybridized carbons (Fsp3) is 0.474. The number of likely N-dealkylation sites (tertiary alicyclic amines) is 1. The molecule has 1 aromatic carbocycles. The van der Waals surface area contributed by atoms with Gasteiger partial charge in [0.05, 0.1) is 24.0 Å². The average Bonchev–Trinajstić information content (AvgIpc) is 3.00. The molecule has 6 heteroatoms. The molecule has 0 amide bonds. The van der Waals surface area contributed by atoms with Crippen LogP contribution in [0.1, 0.15) is 20.3 Å². The molecule has 134 valence electrons. The van der Waals surface area contributed by atoms with E-state index in [1.165, 1.54) is 0 Å². The Morgan fingerprint density at radius 1 is 1.16 bits per heavy atom. The summed E-state index contributed by atoms with van der Waals surface area (Å²) in [4.78, 5) is 18.4. The van der Waals surface area contributed by atoms with Crippen LogP contribution in [0.4, 0.5) is 11.4 Å². The largest absolute Gasteiger partial charge is 0.393 e. The second-order valence-corrected chi connectivity index (χ2v) is 7.10. The number of fused-ring (bicyclic) bond motifs is 1. The Hall–Kier alpha value is -2.34. The highest BCUT2D eigenvalue weighted by Gasteiger charge is 2.39. The van der Waals surface area contributed by atoms with Crippen LogP contribution in [0.15, 0.2) is 35.7 Å². The van der Waals surface area contributed by atoms with Gasteiger partial charge in [-0.05, 0) is 24.5 Å². The third-order valence-electron chi connectivity index (χ3n) is 5.09. The summed E-state index contributed by atoms with van der Waals surface area (Å²) in [5.41, 5.74) is 2.52. The summed E-state index contributed by atoms with van der Waals surface area (Å²) in [5.74, 6) is 1.14. The number of anilines is 2. The molecule has 2 aliphatic heterocycles. The molecule has 0 aromatic heterocycles. The van der Waals surface area contributed by atoms with Gasteiger partial charge in [-0.25, -0.2) is 0 Å². The number of amidine groups is 1. The number of aliphatic hydroxyl groups excluding tert-OH is 1. The van der Waals surface area contributed by atoms with Crippen molar-refractivity contribution >= 4 is 23.0 Å². The second kappa shape index (κ2) is 6.52. The minimum absolute atomic E-state index is 0.0365. The van der Waals surface area contributed by atoms with E-state index < -0.39 is 6.10 Å². The predicted molar refractivity (Wildman–Crippen MR) is 100 cm³/mol. The van der Waals surface area contributed by atoms with E-state index >= 15 is 0 Å². The fourth-order valence-corrected chi connectivity index (χ4v) is 3.48. The molecule has 1 atom stereocenters. The van der Waals surface area contributed by atoms with E-state index in [9.17, 15) is 9.90 Å². The van der Waals surface area contributed by atoms with Gasteiger partial charge in [0, 0.05) is 20.6 Å². The van der Waals surface area contributed by atoms with Crippen LogP contribution < -0.4 is 9.80 Å². The van der Waals surface area contributed by atoms with E-state index in [1.807, 2.05) is 62.0 Å². The Bertz CT molecular complexity index is 710. The first-order valence-corrected chi connectivity index (χ1v) is 8.68. The molecule has 1 aromatic rings. The highest BCUT2D eigenvalue weighted by atomic mass is 16.3. The average molecular weight is 342 g/mol. The van der Waals surface area contributed by atoms with Crippen molar-refractivity contribution in [2.24, 2.45) is 5.92 Å². The zero-order valence-corrected chi connectivity index (χ0v) is 15.3. The minimum atomic E-state index is -0.416. The molecule has 0 spiro atoms. The van der Waals surface area contributed by atoms with Crippen LogP contribution in [0, 0.1) is 11.3 Å². The smallest absolute Gasteiger partial charge is 0.189 e. The van der Waals surface area contributed by atoms with Gasteiger partial charge in [-0.3, -0.25) is 10.2 Å². The van der Waals surface area contributed by atoms with Crippen molar-refractivity contribution in [2.45, 2.75) is 26.4 Å². The number of nitrogens with one attached hydrogen (secondary N) is 1. The van der Waals surface area contributed by atoms with Crippen LogP contribution in [-0.2, 0) is 4.79 Å². The van der Waals surface area contributed by atoms with Gasteiger partial charge in [0.2, 0.25) is 0 Å². The van der Waals surface area contributed by atoms with Crippen molar-refractivity contribution < 1.29 is 9.90 Å². The second-order valence-electron chi connectivity index (χ2n) is 7.10. The SMILES string of the molecule is CC(C)C(O)CCN1CC(=O)C(=C2N(C)c3ccccc3N2C)C1=N. The van der Waals surface area contributed by atoms with Crippen molar-refractivity contribution in [3.63, 3.8) is 0 Å². The van der Waals surface area contributed by atoms with Gasteiger partial charge in [-0.2, -0.15) is 0 Å². The lowest BCUT2D eigenvalue weighted by atomic mass is 10.0. The third-order valence-corrected chi connectivity index (χ3v) is 5.09. The molecule has 1 saturated heterocycles. The van der Waals surface area contributed by atoms with E-state index in [2.05, 4.69) is 0 Å². The van der Waals surface area contributed by atoms with E-state index in [1.54, 1.807) is 4.90 Å². The van der Waals surface area contributed by atoms with Crippen LogP contribution in [0.3, 0.4) is 0 Å². The zero-order chi connectivity index (χ0) is 18.3. The maximum atomic E-state index is 12.6. The molecule has 1 unspecified atom stereocenters. The molecule has 2 N–H and O–H groups in total. The first-order chi connectivity index (χ1) is 11.8. The molecule has 1 fully saturated rings. The molecular weight excluding hydrogens is 316 g/mol.